The lowest BCUT2D eigenvalue weighted by molar-refractivity contribution is 0.408. The minimum Gasteiger partial charge on any atom is -0.496 e. The standard InChI is InChI=1S/C11H15BrO/c1-11(2,12)8-9-6-4-5-7-10(9)13-3/h4-7H,8H2,1-3H3. The molecule has 72 valence electrons. The van der Waals surface area contributed by atoms with Crippen LogP contribution in [0.2, 0.25) is 0 Å². The van der Waals surface area contributed by atoms with Crippen molar-refractivity contribution in [1.82, 2.24) is 0 Å². The zero-order chi connectivity index (χ0) is 9.90. The van der Waals surface area contributed by atoms with E-state index in [1.807, 2.05) is 18.2 Å². The summed E-state index contributed by atoms with van der Waals surface area (Å²) < 4.78 is 5.40. The Hall–Kier alpha value is -0.500. The highest BCUT2D eigenvalue weighted by atomic mass is 79.9. The fourth-order valence-corrected chi connectivity index (χ4v) is 1.60. The van der Waals surface area contributed by atoms with Crippen molar-refractivity contribution in [3.8, 4) is 5.75 Å². The maximum Gasteiger partial charge on any atom is 0.122 e. The molecule has 0 saturated heterocycles. The lowest BCUT2D eigenvalue weighted by atomic mass is 10.0. The number of hydrogen-bond donors (Lipinski definition) is 0. The minimum atomic E-state index is 0.127. The van der Waals surface area contributed by atoms with Gasteiger partial charge in [-0.25, -0.2) is 0 Å². The summed E-state index contributed by atoms with van der Waals surface area (Å²) in [6.45, 7) is 4.30. The average Bonchev–Trinajstić information content (AvgIpc) is 2.02. The quantitative estimate of drug-likeness (QED) is 0.739. The van der Waals surface area contributed by atoms with Crippen LogP contribution < -0.4 is 4.74 Å². The second kappa shape index (κ2) is 4.14. The van der Waals surface area contributed by atoms with Crippen molar-refractivity contribution in [2.45, 2.75) is 24.6 Å². The van der Waals surface area contributed by atoms with Gasteiger partial charge in [-0.1, -0.05) is 34.1 Å². The third-order valence-electron chi connectivity index (χ3n) is 1.80. The van der Waals surface area contributed by atoms with E-state index in [2.05, 4.69) is 35.8 Å². The summed E-state index contributed by atoms with van der Waals surface area (Å²) in [4.78, 5) is 0. The molecule has 0 N–H and O–H groups in total. The van der Waals surface area contributed by atoms with Gasteiger partial charge in [-0.15, -0.1) is 0 Å². The lowest BCUT2D eigenvalue weighted by Crippen LogP contribution is -2.13. The van der Waals surface area contributed by atoms with E-state index >= 15 is 0 Å². The van der Waals surface area contributed by atoms with Gasteiger partial charge in [-0.3, -0.25) is 0 Å². The van der Waals surface area contributed by atoms with Crippen LogP contribution in [0.15, 0.2) is 24.3 Å². The normalized spacial score (nSPS) is 11.4. The Kier molecular flexibility index (Phi) is 3.37. The predicted molar refractivity (Wildman–Crippen MR) is 59.7 cm³/mol. The molecule has 0 amide bonds. The fourth-order valence-electron chi connectivity index (χ4n) is 1.30. The second-order valence-corrected chi connectivity index (χ2v) is 5.85. The number of para-hydroxylation sites is 1. The van der Waals surface area contributed by atoms with Crippen LogP contribution in [0.1, 0.15) is 19.4 Å². The first kappa shape index (κ1) is 10.6. The summed E-state index contributed by atoms with van der Waals surface area (Å²) in [6, 6.07) is 8.12. The molecule has 0 radical (unpaired) electrons. The molecule has 0 aliphatic carbocycles. The lowest BCUT2D eigenvalue weighted by Gasteiger charge is -2.17. The van der Waals surface area contributed by atoms with Crippen molar-refractivity contribution >= 4 is 15.9 Å². The van der Waals surface area contributed by atoms with Crippen LogP contribution in [0.5, 0.6) is 5.75 Å². The Morgan fingerprint density at radius 2 is 1.92 bits per heavy atom. The molecule has 0 spiro atoms. The van der Waals surface area contributed by atoms with Gasteiger partial charge in [0.1, 0.15) is 5.75 Å². The van der Waals surface area contributed by atoms with Crippen molar-refractivity contribution in [2.75, 3.05) is 7.11 Å². The highest BCUT2D eigenvalue weighted by Crippen LogP contribution is 2.27. The van der Waals surface area contributed by atoms with Crippen LogP contribution in [0.25, 0.3) is 0 Å². The highest BCUT2D eigenvalue weighted by Gasteiger charge is 2.15. The smallest absolute Gasteiger partial charge is 0.122 e. The van der Waals surface area contributed by atoms with E-state index in [0.29, 0.717) is 0 Å². The average molecular weight is 243 g/mol. The molecule has 13 heavy (non-hydrogen) atoms. The Balaban J connectivity index is 2.87. The third-order valence-corrected chi connectivity index (χ3v) is 2.08. The van der Waals surface area contributed by atoms with Gasteiger partial charge < -0.3 is 4.74 Å². The molecule has 2 heteroatoms. The molecule has 0 saturated carbocycles. The molecular formula is C11H15BrO. The molecule has 0 atom stereocenters. The maximum absolute atomic E-state index is 5.27. The van der Waals surface area contributed by atoms with E-state index in [0.717, 1.165) is 12.2 Å². The molecule has 0 aliphatic heterocycles. The summed E-state index contributed by atoms with van der Waals surface area (Å²) in [7, 11) is 1.71. The molecule has 1 rings (SSSR count). The van der Waals surface area contributed by atoms with Gasteiger partial charge in [0.15, 0.2) is 0 Å². The second-order valence-electron chi connectivity index (χ2n) is 3.71. The van der Waals surface area contributed by atoms with Crippen LogP contribution in [0, 0.1) is 0 Å². The molecule has 1 nitrogen and oxygen atoms in total. The molecular weight excluding hydrogens is 228 g/mol. The zero-order valence-electron chi connectivity index (χ0n) is 8.30. The van der Waals surface area contributed by atoms with Gasteiger partial charge in [0.25, 0.3) is 0 Å². The number of halogens is 1. The van der Waals surface area contributed by atoms with E-state index in [9.17, 15) is 0 Å². The van der Waals surface area contributed by atoms with Gasteiger partial charge in [-0.05, 0) is 31.9 Å². The SMILES string of the molecule is COc1ccccc1CC(C)(C)Br. The van der Waals surface area contributed by atoms with E-state index in [4.69, 9.17) is 4.74 Å². The number of alkyl halides is 1. The minimum absolute atomic E-state index is 0.127. The topological polar surface area (TPSA) is 9.23 Å². The van der Waals surface area contributed by atoms with Crippen molar-refractivity contribution in [3.63, 3.8) is 0 Å². The fraction of sp³-hybridized carbons (Fsp3) is 0.455. The summed E-state index contributed by atoms with van der Waals surface area (Å²) in [5, 5.41) is 0. The summed E-state index contributed by atoms with van der Waals surface area (Å²) >= 11 is 3.62. The van der Waals surface area contributed by atoms with Crippen LogP contribution in [0.4, 0.5) is 0 Å². The molecule has 0 bridgehead atoms. The summed E-state index contributed by atoms with van der Waals surface area (Å²) in [5.74, 6) is 0.968. The zero-order valence-corrected chi connectivity index (χ0v) is 9.89. The molecule has 1 aromatic rings. The maximum atomic E-state index is 5.27. The number of rotatable bonds is 3. The highest BCUT2D eigenvalue weighted by molar-refractivity contribution is 9.10. The van der Waals surface area contributed by atoms with Crippen LogP contribution in [-0.4, -0.2) is 11.4 Å². The van der Waals surface area contributed by atoms with Crippen molar-refractivity contribution < 1.29 is 4.74 Å². The largest absolute Gasteiger partial charge is 0.496 e. The first-order chi connectivity index (χ1) is 6.03. The van der Waals surface area contributed by atoms with E-state index in [1.165, 1.54) is 5.56 Å². The van der Waals surface area contributed by atoms with Gasteiger partial charge in [0, 0.05) is 4.32 Å². The molecule has 0 aromatic heterocycles. The molecule has 0 fully saturated rings. The number of hydrogen-bond acceptors (Lipinski definition) is 1. The molecule has 0 aliphatic rings. The Labute approximate surface area is 88.2 Å². The Morgan fingerprint density at radius 1 is 1.31 bits per heavy atom. The molecule has 0 heterocycles. The van der Waals surface area contributed by atoms with Gasteiger partial charge in [-0.2, -0.15) is 0 Å². The monoisotopic (exact) mass is 242 g/mol. The van der Waals surface area contributed by atoms with Gasteiger partial charge in [0.05, 0.1) is 7.11 Å². The van der Waals surface area contributed by atoms with Crippen molar-refractivity contribution in [3.05, 3.63) is 29.8 Å². The van der Waals surface area contributed by atoms with Crippen LogP contribution in [-0.2, 0) is 6.42 Å². The van der Waals surface area contributed by atoms with E-state index in [1.54, 1.807) is 7.11 Å². The summed E-state index contributed by atoms with van der Waals surface area (Å²) in [5.41, 5.74) is 1.24. The third kappa shape index (κ3) is 3.39. The number of ether oxygens (including phenoxy) is 1. The van der Waals surface area contributed by atoms with Crippen LogP contribution >= 0.6 is 15.9 Å². The predicted octanol–water partition coefficient (Wildman–Crippen LogP) is 3.41. The molecule has 1 aromatic carbocycles. The first-order valence-corrected chi connectivity index (χ1v) is 5.13. The summed E-state index contributed by atoms with van der Waals surface area (Å²) in [6.07, 6.45) is 0.969. The van der Waals surface area contributed by atoms with Gasteiger partial charge >= 0.3 is 0 Å². The van der Waals surface area contributed by atoms with Gasteiger partial charge in [0.2, 0.25) is 0 Å². The Morgan fingerprint density at radius 3 is 2.46 bits per heavy atom. The first-order valence-electron chi connectivity index (χ1n) is 4.34. The number of methoxy groups -OCH3 is 1. The Bertz CT molecular complexity index is 276. The van der Waals surface area contributed by atoms with E-state index in [-0.39, 0.29) is 4.32 Å². The number of benzene rings is 1. The van der Waals surface area contributed by atoms with E-state index < -0.39 is 0 Å². The van der Waals surface area contributed by atoms with Crippen molar-refractivity contribution in [1.29, 1.82) is 0 Å². The van der Waals surface area contributed by atoms with Crippen molar-refractivity contribution in [2.24, 2.45) is 0 Å². The molecule has 0 unspecified atom stereocenters. The van der Waals surface area contributed by atoms with Crippen LogP contribution in [0.3, 0.4) is 0 Å².